The van der Waals surface area contributed by atoms with Gasteiger partial charge in [0.15, 0.2) is 17.3 Å². The molecule has 0 aliphatic carbocycles. The SMILES string of the molecule is COc1cc(C(=O)Nc2cc(-n3cc(C(=O)NCCCN4CCOCC4)nn3)ccc2N2CCN(C)CC2)c(C(F)(F)F)cc1F. The minimum absolute atomic E-state index is 0.0772. The van der Waals surface area contributed by atoms with Gasteiger partial charge in [0.25, 0.3) is 11.8 Å². The molecule has 2 saturated heterocycles. The molecule has 0 radical (unpaired) electrons. The highest BCUT2D eigenvalue weighted by Crippen LogP contribution is 2.37. The van der Waals surface area contributed by atoms with Gasteiger partial charge in [0, 0.05) is 45.8 Å². The number of ether oxygens (including phenoxy) is 2. The zero-order chi connectivity index (χ0) is 32.8. The van der Waals surface area contributed by atoms with E-state index in [-0.39, 0.29) is 17.4 Å². The number of methoxy groups -OCH3 is 1. The molecule has 3 aromatic rings. The van der Waals surface area contributed by atoms with Crippen molar-refractivity contribution in [3.05, 3.63) is 59.2 Å². The lowest BCUT2D eigenvalue weighted by atomic mass is 10.0. The molecule has 2 aliphatic heterocycles. The highest BCUT2D eigenvalue weighted by molar-refractivity contribution is 6.07. The van der Waals surface area contributed by atoms with Gasteiger partial charge in [0.1, 0.15) is 0 Å². The van der Waals surface area contributed by atoms with E-state index in [4.69, 9.17) is 9.47 Å². The van der Waals surface area contributed by atoms with Gasteiger partial charge in [0.05, 0.1) is 54.7 Å². The number of carbonyl (C=O) groups excluding carboxylic acids is 2. The number of alkyl halides is 3. The average Bonchev–Trinajstić information content (AvgIpc) is 3.54. The maximum atomic E-state index is 14.2. The number of aromatic nitrogens is 3. The molecular formula is C30H36F4N8O4. The van der Waals surface area contributed by atoms with Crippen LogP contribution < -0.4 is 20.3 Å². The summed E-state index contributed by atoms with van der Waals surface area (Å²) in [6, 6.07) is 5.95. The molecule has 248 valence electrons. The fourth-order valence-electron chi connectivity index (χ4n) is 5.33. The number of piperazine rings is 1. The minimum Gasteiger partial charge on any atom is -0.494 e. The maximum absolute atomic E-state index is 14.2. The van der Waals surface area contributed by atoms with E-state index in [0.29, 0.717) is 44.2 Å². The molecule has 2 amide bonds. The van der Waals surface area contributed by atoms with Gasteiger partial charge < -0.3 is 29.9 Å². The Kier molecular flexibility index (Phi) is 10.4. The van der Waals surface area contributed by atoms with Crippen LogP contribution >= 0.6 is 0 Å². The maximum Gasteiger partial charge on any atom is 0.417 e. The number of halogens is 4. The lowest BCUT2D eigenvalue weighted by molar-refractivity contribution is -0.138. The highest BCUT2D eigenvalue weighted by Gasteiger charge is 2.37. The first-order valence-electron chi connectivity index (χ1n) is 14.9. The quantitative estimate of drug-likeness (QED) is 0.253. The van der Waals surface area contributed by atoms with Crippen molar-refractivity contribution in [3.8, 4) is 11.4 Å². The normalized spacial score (nSPS) is 16.3. The molecule has 1 aromatic heterocycles. The van der Waals surface area contributed by atoms with E-state index in [9.17, 15) is 27.2 Å². The molecule has 3 heterocycles. The molecule has 0 saturated carbocycles. The van der Waals surface area contributed by atoms with Crippen LogP contribution in [0.15, 0.2) is 36.5 Å². The highest BCUT2D eigenvalue weighted by atomic mass is 19.4. The summed E-state index contributed by atoms with van der Waals surface area (Å²) in [7, 11) is 3.08. The zero-order valence-corrected chi connectivity index (χ0v) is 25.6. The van der Waals surface area contributed by atoms with E-state index in [1.54, 1.807) is 12.1 Å². The molecule has 16 heteroatoms. The lowest BCUT2D eigenvalue weighted by Gasteiger charge is -2.35. The van der Waals surface area contributed by atoms with Gasteiger partial charge in [-0.25, -0.2) is 9.07 Å². The number of amides is 2. The molecular weight excluding hydrogens is 612 g/mol. The topological polar surface area (TPSA) is 117 Å². The number of carbonyl (C=O) groups is 2. The number of morpholine rings is 1. The van der Waals surface area contributed by atoms with E-state index in [1.165, 1.54) is 16.9 Å². The standard InChI is InChI=1S/C30H36F4N8O4/c1-39-8-10-41(11-9-39)26-5-4-20(42-19-25(37-38-42)29(44)35-6-3-7-40-12-14-46-15-13-40)16-24(26)36-28(43)21-17-27(45-2)23(31)18-22(21)30(32,33)34/h4-5,16-19H,3,6-15H2,1-2H3,(H,35,44)(H,36,43). The summed E-state index contributed by atoms with van der Waals surface area (Å²) in [6.07, 6.45) is -2.81. The molecule has 5 rings (SSSR count). The second-order valence-corrected chi connectivity index (χ2v) is 11.1. The van der Waals surface area contributed by atoms with E-state index in [1.807, 2.05) is 11.9 Å². The van der Waals surface area contributed by atoms with E-state index in [2.05, 4.69) is 30.7 Å². The Morgan fingerprint density at radius 2 is 1.76 bits per heavy atom. The second kappa shape index (κ2) is 14.4. The fourth-order valence-corrected chi connectivity index (χ4v) is 5.33. The van der Waals surface area contributed by atoms with Gasteiger partial charge >= 0.3 is 6.18 Å². The monoisotopic (exact) mass is 648 g/mol. The summed E-state index contributed by atoms with van der Waals surface area (Å²) in [6.45, 7) is 7.09. The molecule has 2 N–H and O–H groups in total. The van der Waals surface area contributed by atoms with Crippen LogP contribution in [0.1, 0.15) is 32.8 Å². The van der Waals surface area contributed by atoms with Crippen LogP contribution in [0, 0.1) is 5.82 Å². The second-order valence-electron chi connectivity index (χ2n) is 11.1. The van der Waals surface area contributed by atoms with E-state index < -0.39 is 40.7 Å². The summed E-state index contributed by atoms with van der Waals surface area (Å²) in [4.78, 5) is 32.5. The Balaban J connectivity index is 1.37. The van der Waals surface area contributed by atoms with Crippen molar-refractivity contribution in [3.63, 3.8) is 0 Å². The predicted molar refractivity (Wildman–Crippen MR) is 161 cm³/mol. The number of nitrogens with one attached hydrogen (secondary N) is 2. The van der Waals surface area contributed by atoms with E-state index >= 15 is 0 Å². The van der Waals surface area contributed by atoms with Crippen LogP contribution in [0.25, 0.3) is 5.69 Å². The van der Waals surface area contributed by atoms with Crippen LogP contribution in [0.5, 0.6) is 5.75 Å². The van der Waals surface area contributed by atoms with Crippen LogP contribution in [0.4, 0.5) is 28.9 Å². The van der Waals surface area contributed by atoms with Crippen molar-refractivity contribution in [2.24, 2.45) is 0 Å². The summed E-state index contributed by atoms with van der Waals surface area (Å²) in [5.41, 5.74) is -0.973. The smallest absolute Gasteiger partial charge is 0.417 e. The van der Waals surface area contributed by atoms with Crippen molar-refractivity contribution in [1.82, 2.24) is 30.1 Å². The number of hydrogen-bond acceptors (Lipinski definition) is 9. The molecule has 2 aliphatic rings. The molecule has 2 fully saturated rings. The Bertz CT molecular complexity index is 1540. The summed E-state index contributed by atoms with van der Waals surface area (Å²) >= 11 is 0. The number of likely N-dealkylation sites (N-methyl/N-ethyl adjacent to an activating group) is 1. The van der Waals surface area contributed by atoms with Crippen molar-refractivity contribution in [2.45, 2.75) is 12.6 Å². The first kappa shape index (κ1) is 33.1. The third-order valence-electron chi connectivity index (χ3n) is 7.95. The van der Waals surface area contributed by atoms with E-state index in [0.717, 1.165) is 52.3 Å². The molecule has 0 bridgehead atoms. The Labute approximate surface area is 263 Å². The third kappa shape index (κ3) is 7.92. The summed E-state index contributed by atoms with van der Waals surface area (Å²) in [5, 5.41) is 13.5. The third-order valence-corrected chi connectivity index (χ3v) is 7.95. The molecule has 46 heavy (non-hydrogen) atoms. The molecule has 2 aromatic carbocycles. The molecule has 0 spiro atoms. The van der Waals surface area contributed by atoms with Crippen LogP contribution in [-0.4, -0.2) is 116 Å². The average molecular weight is 649 g/mol. The molecule has 0 unspecified atom stereocenters. The van der Waals surface area contributed by atoms with Gasteiger partial charge in [0.2, 0.25) is 0 Å². The van der Waals surface area contributed by atoms with Crippen LogP contribution in [-0.2, 0) is 10.9 Å². The first-order valence-corrected chi connectivity index (χ1v) is 14.9. The van der Waals surface area contributed by atoms with Crippen molar-refractivity contribution in [1.29, 1.82) is 0 Å². The Morgan fingerprint density at radius 1 is 1.02 bits per heavy atom. The van der Waals surface area contributed by atoms with Crippen molar-refractivity contribution < 1.29 is 36.6 Å². The van der Waals surface area contributed by atoms with Gasteiger partial charge in [-0.3, -0.25) is 14.5 Å². The van der Waals surface area contributed by atoms with Crippen LogP contribution in [0.3, 0.4) is 0 Å². The minimum atomic E-state index is -5.00. The van der Waals surface area contributed by atoms with Gasteiger partial charge in [-0.1, -0.05) is 5.21 Å². The summed E-state index contributed by atoms with van der Waals surface area (Å²) < 4.78 is 67.3. The Hall–Kier alpha value is -4.28. The number of anilines is 2. The van der Waals surface area contributed by atoms with Crippen molar-refractivity contribution in [2.75, 3.05) is 89.9 Å². The number of benzene rings is 2. The number of rotatable bonds is 10. The lowest BCUT2D eigenvalue weighted by Crippen LogP contribution is -2.44. The fraction of sp³-hybridized carbons (Fsp3) is 0.467. The molecule has 12 nitrogen and oxygen atoms in total. The zero-order valence-electron chi connectivity index (χ0n) is 25.6. The first-order chi connectivity index (χ1) is 22.0. The van der Waals surface area contributed by atoms with Gasteiger partial charge in [-0.05, 0) is 50.3 Å². The van der Waals surface area contributed by atoms with Gasteiger partial charge in [-0.15, -0.1) is 5.10 Å². The Morgan fingerprint density at radius 3 is 2.46 bits per heavy atom. The number of nitrogens with zero attached hydrogens (tertiary/aromatic N) is 6. The van der Waals surface area contributed by atoms with Crippen molar-refractivity contribution >= 4 is 23.2 Å². The number of hydrogen-bond donors (Lipinski definition) is 2. The van der Waals surface area contributed by atoms with Gasteiger partial charge in [-0.2, -0.15) is 13.2 Å². The predicted octanol–water partition coefficient (Wildman–Crippen LogP) is 2.89. The van der Waals surface area contributed by atoms with Crippen LogP contribution in [0.2, 0.25) is 0 Å². The largest absolute Gasteiger partial charge is 0.494 e. The molecule has 0 atom stereocenters. The summed E-state index contributed by atoms with van der Waals surface area (Å²) in [5.74, 6) is -3.25.